The molecule has 1 aliphatic rings. The predicted octanol–water partition coefficient (Wildman–Crippen LogP) is 2.49. The molecule has 23 heavy (non-hydrogen) atoms. The van der Waals surface area contributed by atoms with Crippen LogP contribution in [0.25, 0.3) is 0 Å². The van der Waals surface area contributed by atoms with Crippen molar-refractivity contribution in [3.8, 4) is 0 Å². The van der Waals surface area contributed by atoms with E-state index in [0.29, 0.717) is 11.6 Å². The van der Waals surface area contributed by atoms with E-state index in [0.717, 1.165) is 49.7 Å². The molecule has 1 fully saturated rings. The fraction of sp³-hybridized carbons (Fsp3) is 0.471. The molecule has 1 unspecified atom stereocenters. The van der Waals surface area contributed by atoms with Crippen molar-refractivity contribution in [2.24, 2.45) is 0 Å². The lowest BCUT2D eigenvalue weighted by Crippen LogP contribution is -2.47. The minimum Gasteiger partial charge on any atom is -0.387 e. The maximum absolute atomic E-state index is 10.4. The zero-order chi connectivity index (χ0) is 16.2. The van der Waals surface area contributed by atoms with Gasteiger partial charge in [0.25, 0.3) is 0 Å². The third-order valence-corrected chi connectivity index (χ3v) is 4.57. The SMILES string of the molecule is Cc1cc(CN2CCN(CC(O)c3ccccc3Cl)CC2)no1. The Bertz CT molecular complexity index is 638. The average molecular weight is 336 g/mol. The summed E-state index contributed by atoms with van der Waals surface area (Å²) in [6.45, 7) is 7.11. The van der Waals surface area contributed by atoms with E-state index >= 15 is 0 Å². The van der Waals surface area contributed by atoms with Crippen LogP contribution in [0.1, 0.15) is 23.1 Å². The monoisotopic (exact) mass is 335 g/mol. The lowest BCUT2D eigenvalue weighted by atomic mass is 10.1. The highest BCUT2D eigenvalue weighted by atomic mass is 35.5. The van der Waals surface area contributed by atoms with Crippen LogP contribution < -0.4 is 0 Å². The molecule has 1 aromatic carbocycles. The molecule has 0 amide bonds. The van der Waals surface area contributed by atoms with E-state index in [2.05, 4.69) is 15.0 Å². The summed E-state index contributed by atoms with van der Waals surface area (Å²) < 4.78 is 5.11. The fourth-order valence-corrected chi connectivity index (χ4v) is 3.20. The summed E-state index contributed by atoms with van der Waals surface area (Å²) in [6.07, 6.45) is -0.548. The number of benzene rings is 1. The first-order chi connectivity index (χ1) is 11.1. The van der Waals surface area contributed by atoms with Gasteiger partial charge in [-0.05, 0) is 13.0 Å². The van der Waals surface area contributed by atoms with Gasteiger partial charge in [0, 0.05) is 55.9 Å². The van der Waals surface area contributed by atoms with Crippen molar-refractivity contribution in [1.82, 2.24) is 15.0 Å². The lowest BCUT2D eigenvalue weighted by Gasteiger charge is -2.35. The minimum absolute atomic E-state index is 0.548. The summed E-state index contributed by atoms with van der Waals surface area (Å²) in [5.74, 6) is 0.849. The van der Waals surface area contributed by atoms with Crippen molar-refractivity contribution in [1.29, 1.82) is 0 Å². The molecule has 2 heterocycles. The molecule has 1 aromatic heterocycles. The molecule has 6 heteroatoms. The molecule has 0 aliphatic carbocycles. The highest BCUT2D eigenvalue weighted by Crippen LogP contribution is 2.23. The fourth-order valence-electron chi connectivity index (χ4n) is 2.94. The van der Waals surface area contributed by atoms with E-state index in [1.54, 1.807) is 0 Å². The Hall–Kier alpha value is -1.40. The van der Waals surface area contributed by atoms with Crippen LogP contribution in [0.2, 0.25) is 5.02 Å². The van der Waals surface area contributed by atoms with E-state index in [4.69, 9.17) is 16.1 Å². The first-order valence-corrected chi connectivity index (χ1v) is 8.29. The van der Waals surface area contributed by atoms with Crippen LogP contribution in [0, 0.1) is 6.92 Å². The molecule has 0 bridgehead atoms. The third-order valence-electron chi connectivity index (χ3n) is 4.22. The second-order valence-electron chi connectivity index (χ2n) is 6.04. The van der Waals surface area contributed by atoms with Gasteiger partial charge in [-0.1, -0.05) is 35.0 Å². The average Bonchev–Trinajstić information content (AvgIpc) is 2.95. The van der Waals surface area contributed by atoms with Crippen LogP contribution in [0.3, 0.4) is 0 Å². The van der Waals surface area contributed by atoms with Crippen LogP contribution in [0.5, 0.6) is 0 Å². The maximum atomic E-state index is 10.4. The number of aliphatic hydroxyl groups excluding tert-OH is 1. The Morgan fingerprint density at radius 2 is 1.91 bits per heavy atom. The predicted molar refractivity (Wildman–Crippen MR) is 89.4 cm³/mol. The lowest BCUT2D eigenvalue weighted by molar-refractivity contribution is 0.0694. The van der Waals surface area contributed by atoms with Crippen molar-refractivity contribution in [2.45, 2.75) is 19.6 Å². The first-order valence-electron chi connectivity index (χ1n) is 7.91. The summed E-state index contributed by atoms with van der Waals surface area (Å²) in [7, 11) is 0. The smallest absolute Gasteiger partial charge is 0.133 e. The first kappa shape index (κ1) is 16.5. The molecule has 0 spiro atoms. The number of aryl methyl sites for hydroxylation is 1. The van der Waals surface area contributed by atoms with E-state index < -0.39 is 6.10 Å². The molecule has 1 N–H and O–H groups in total. The Kier molecular flexibility index (Phi) is 5.33. The van der Waals surface area contributed by atoms with Gasteiger partial charge in [0.1, 0.15) is 5.76 Å². The Labute approximate surface area is 141 Å². The summed E-state index contributed by atoms with van der Waals surface area (Å²) in [5, 5.41) is 15.1. The number of halogens is 1. The largest absolute Gasteiger partial charge is 0.387 e. The highest BCUT2D eigenvalue weighted by molar-refractivity contribution is 6.31. The molecule has 1 atom stereocenters. The van der Waals surface area contributed by atoms with Crippen molar-refractivity contribution < 1.29 is 9.63 Å². The molecule has 3 rings (SSSR count). The second-order valence-corrected chi connectivity index (χ2v) is 6.45. The van der Waals surface area contributed by atoms with Gasteiger partial charge in [-0.2, -0.15) is 0 Å². The maximum Gasteiger partial charge on any atom is 0.133 e. The molecule has 0 radical (unpaired) electrons. The standard InChI is InChI=1S/C17H22ClN3O2/c1-13-10-14(19-23-13)11-20-6-8-21(9-7-20)12-17(22)15-4-2-3-5-16(15)18/h2-5,10,17,22H,6-9,11-12H2,1H3. The number of rotatable bonds is 5. The summed E-state index contributed by atoms with van der Waals surface area (Å²) >= 11 is 6.15. The second kappa shape index (κ2) is 7.45. The molecule has 1 aliphatic heterocycles. The normalized spacial score (nSPS) is 18.2. The summed E-state index contributed by atoms with van der Waals surface area (Å²) in [4.78, 5) is 4.63. The number of piperazine rings is 1. The van der Waals surface area contributed by atoms with Crippen LogP contribution in [-0.4, -0.2) is 52.8 Å². The number of β-amino-alcohol motifs (C(OH)–C–C–N with tert-alkyl or cyclic N) is 1. The van der Waals surface area contributed by atoms with E-state index in [9.17, 15) is 5.11 Å². The number of nitrogens with zero attached hydrogens (tertiary/aromatic N) is 3. The Morgan fingerprint density at radius 3 is 2.57 bits per heavy atom. The molecule has 1 saturated heterocycles. The van der Waals surface area contributed by atoms with E-state index in [-0.39, 0.29) is 0 Å². The zero-order valence-electron chi connectivity index (χ0n) is 13.3. The van der Waals surface area contributed by atoms with Gasteiger partial charge in [-0.25, -0.2) is 0 Å². The van der Waals surface area contributed by atoms with Crippen LogP contribution >= 0.6 is 11.6 Å². The highest BCUT2D eigenvalue weighted by Gasteiger charge is 2.21. The van der Waals surface area contributed by atoms with Crippen LogP contribution in [-0.2, 0) is 6.54 Å². The van der Waals surface area contributed by atoms with Gasteiger partial charge in [-0.15, -0.1) is 0 Å². The molecule has 0 saturated carbocycles. The van der Waals surface area contributed by atoms with Gasteiger partial charge in [-0.3, -0.25) is 9.80 Å². The Morgan fingerprint density at radius 1 is 1.22 bits per heavy atom. The van der Waals surface area contributed by atoms with Crippen molar-refractivity contribution >= 4 is 11.6 Å². The van der Waals surface area contributed by atoms with Gasteiger partial charge >= 0.3 is 0 Å². The number of aromatic nitrogens is 1. The number of hydrogen-bond acceptors (Lipinski definition) is 5. The van der Waals surface area contributed by atoms with E-state index in [1.807, 2.05) is 37.3 Å². The summed E-state index contributed by atoms with van der Waals surface area (Å²) in [6, 6.07) is 9.47. The molecule has 124 valence electrons. The molecular formula is C17H22ClN3O2. The van der Waals surface area contributed by atoms with Crippen molar-refractivity contribution in [2.75, 3.05) is 32.7 Å². The summed E-state index contributed by atoms with van der Waals surface area (Å²) in [5.41, 5.74) is 1.78. The van der Waals surface area contributed by atoms with Crippen LogP contribution in [0.4, 0.5) is 0 Å². The number of hydrogen-bond donors (Lipinski definition) is 1. The van der Waals surface area contributed by atoms with E-state index in [1.165, 1.54) is 0 Å². The molecule has 2 aromatic rings. The van der Waals surface area contributed by atoms with Crippen molar-refractivity contribution in [3.05, 3.63) is 52.4 Å². The Balaban J connectivity index is 1.48. The quantitative estimate of drug-likeness (QED) is 0.909. The molecular weight excluding hydrogens is 314 g/mol. The minimum atomic E-state index is -0.548. The topological polar surface area (TPSA) is 52.7 Å². The van der Waals surface area contributed by atoms with Gasteiger partial charge < -0.3 is 9.63 Å². The number of aliphatic hydroxyl groups is 1. The van der Waals surface area contributed by atoms with Crippen LogP contribution in [0.15, 0.2) is 34.9 Å². The van der Waals surface area contributed by atoms with Crippen molar-refractivity contribution in [3.63, 3.8) is 0 Å². The molecule has 5 nitrogen and oxygen atoms in total. The van der Waals surface area contributed by atoms with Gasteiger partial charge in [0.05, 0.1) is 11.8 Å². The zero-order valence-corrected chi connectivity index (χ0v) is 14.0. The van der Waals surface area contributed by atoms with Gasteiger partial charge in [0.2, 0.25) is 0 Å². The third kappa shape index (κ3) is 4.32. The van der Waals surface area contributed by atoms with Gasteiger partial charge in [0.15, 0.2) is 0 Å².